The first-order valence-electron chi connectivity index (χ1n) is 6.64. The highest BCUT2D eigenvalue weighted by molar-refractivity contribution is 5.98. The normalized spacial score (nSPS) is 10.4. The van der Waals surface area contributed by atoms with Crippen molar-refractivity contribution in [1.82, 2.24) is 9.97 Å². The van der Waals surface area contributed by atoms with Gasteiger partial charge in [-0.05, 0) is 38.1 Å². The van der Waals surface area contributed by atoms with Gasteiger partial charge in [-0.3, -0.25) is 14.8 Å². The summed E-state index contributed by atoms with van der Waals surface area (Å²) in [6.45, 7) is 2.93. The summed E-state index contributed by atoms with van der Waals surface area (Å²) in [6, 6.07) is 6.33. The quantitative estimate of drug-likeness (QED) is 0.683. The number of carbonyl (C=O) groups excluding carboxylic acids is 2. The Balaban J connectivity index is 2.56. The van der Waals surface area contributed by atoms with Gasteiger partial charge in [-0.2, -0.15) is 0 Å². The molecule has 0 fully saturated rings. The molecule has 22 heavy (non-hydrogen) atoms. The highest BCUT2D eigenvalue weighted by Gasteiger charge is 2.13. The van der Waals surface area contributed by atoms with E-state index in [4.69, 9.17) is 9.84 Å². The van der Waals surface area contributed by atoms with E-state index in [1.165, 1.54) is 7.11 Å². The number of aromatic nitrogens is 2. The fourth-order valence-corrected chi connectivity index (χ4v) is 2.09. The number of pyridine rings is 2. The topological polar surface area (TPSA) is 89.4 Å². The molecule has 0 saturated carbocycles. The molecule has 0 spiro atoms. The van der Waals surface area contributed by atoms with Gasteiger partial charge >= 0.3 is 5.97 Å². The summed E-state index contributed by atoms with van der Waals surface area (Å²) in [5.74, 6) is -0.862. The van der Waals surface area contributed by atoms with Gasteiger partial charge in [0.1, 0.15) is 6.61 Å². The van der Waals surface area contributed by atoms with Crippen LogP contribution in [0.3, 0.4) is 0 Å². The number of hydrogen-bond acceptors (Lipinski definition) is 6. The molecule has 6 nitrogen and oxygen atoms in total. The van der Waals surface area contributed by atoms with Crippen LogP contribution in [-0.2, 0) is 4.74 Å². The van der Waals surface area contributed by atoms with Crippen LogP contribution in [0.15, 0.2) is 24.3 Å². The number of carbonyl (C=O) groups is 2. The zero-order valence-corrected chi connectivity index (χ0v) is 12.6. The molecule has 0 aromatic carbocycles. The number of methoxy groups -OCH3 is 1. The van der Waals surface area contributed by atoms with Crippen molar-refractivity contribution in [2.45, 2.75) is 13.8 Å². The van der Waals surface area contributed by atoms with Crippen LogP contribution in [0.5, 0.6) is 0 Å². The third-order valence-electron chi connectivity index (χ3n) is 3.06. The number of ketones is 1. The number of aliphatic hydroxyl groups is 1. The van der Waals surface area contributed by atoms with Crippen LogP contribution >= 0.6 is 0 Å². The molecule has 0 aliphatic carbocycles. The van der Waals surface area contributed by atoms with Crippen molar-refractivity contribution >= 4 is 11.8 Å². The number of hydrogen-bond donors (Lipinski definition) is 1. The number of ether oxygens (including phenoxy) is 1. The predicted molar refractivity (Wildman–Crippen MR) is 79.7 cm³/mol. The van der Waals surface area contributed by atoms with Crippen molar-refractivity contribution in [2.75, 3.05) is 13.7 Å². The van der Waals surface area contributed by atoms with Gasteiger partial charge in [0.25, 0.3) is 0 Å². The third-order valence-corrected chi connectivity index (χ3v) is 3.06. The van der Waals surface area contributed by atoms with Crippen molar-refractivity contribution in [3.63, 3.8) is 0 Å². The zero-order valence-electron chi connectivity index (χ0n) is 12.6. The summed E-state index contributed by atoms with van der Waals surface area (Å²) in [6.07, 6.45) is 0. The van der Waals surface area contributed by atoms with Crippen LogP contribution in [0.4, 0.5) is 0 Å². The highest BCUT2D eigenvalue weighted by Crippen LogP contribution is 2.20. The van der Waals surface area contributed by atoms with E-state index in [1.807, 2.05) is 0 Å². The Hall–Kier alpha value is -2.60. The molecule has 0 bridgehead atoms. The molecule has 6 heteroatoms. The molecule has 0 saturated heterocycles. The van der Waals surface area contributed by atoms with E-state index in [0.717, 1.165) is 0 Å². The highest BCUT2D eigenvalue weighted by atomic mass is 16.5. The van der Waals surface area contributed by atoms with Crippen molar-refractivity contribution in [3.05, 3.63) is 46.8 Å². The second-order valence-corrected chi connectivity index (χ2v) is 4.84. The van der Waals surface area contributed by atoms with E-state index in [2.05, 4.69) is 9.97 Å². The first-order valence-corrected chi connectivity index (χ1v) is 6.64. The minimum absolute atomic E-state index is 0.355. The molecule has 0 atom stereocenters. The molecule has 0 unspecified atom stereocenters. The van der Waals surface area contributed by atoms with E-state index in [0.29, 0.717) is 33.9 Å². The predicted octanol–water partition coefficient (Wildman–Crippen LogP) is 1.72. The Morgan fingerprint density at radius 2 is 1.50 bits per heavy atom. The maximum atomic E-state index is 11.7. The van der Waals surface area contributed by atoms with Crippen LogP contribution in [-0.4, -0.2) is 40.5 Å². The summed E-state index contributed by atoms with van der Waals surface area (Å²) < 4.78 is 4.71. The second-order valence-electron chi connectivity index (χ2n) is 4.84. The average molecular weight is 300 g/mol. The van der Waals surface area contributed by atoms with Gasteiger partial charge in [-0.1, -0.05) is 0 Å². The van der Waals surface area contributed by atoms with Gasteiger partial charge in [-0.25, -0.2) is 4.79 Å². The van der Waals surface area contributed by atoms with Crippen LogP contribution in [0.2, 0.25) is 0 Å². The number of esters is 1. The van der Waals surface area contributed by atoms with E-state index < -0.39 is 18.4 Å². The van der Waals surface area contributed by atoms with Crippen molar-refractivity contribution < 1.29 is 19.4 Å². The lowest BCUT2D eigenvalue weighted by atomic mass is 10.1. The second kappa shape index (κ2) is 6.44. The lowest BCUT2D eigenvalue weighted by Gasteiger charge is -2.08. The van der Waals surface area contributed by atoms with Crippen molar-refractivity contribution in [2.24, 2.45) is 0 Å². The number of Topliss-reactive ketones (excluding diaryl/α,β-unsaturated/α-hetero) is 1. The largest absolute Gasteiger partial charge is 0.465 e. The SMILES string of the molecule is COC(=O)c1cc(C)nc(-c2cc(C(=O)CO)cc(C)n2)c1. The Morgan fingerprint density at radius 3 is 2.00 bits per heavy atom. The maximum Gasteiger partial charge on any atom is 0.337 e. The van der Waals surface area contributed by atoms with Gasteiger partial charge in [0.05, 0.1) is 24.1 Å². The minimum Gasteiger partial charge on any atom is -0.465 e. The van der Waals surface area contributed by atoms with Crippen LogP contribution in [0, 0.1) is 13.8 Å². The summed E-state index contributed by atoms with van der Waals surface area (Å²) in [5.41, 5.74) is 2.91. The monoisotopic (exact) mass is 300 g/mol. The summed E-state index contributed by atoms with van der Waals surface area (Å²) in [5, 5.41) is 8.99. The zero-order chi connectivity index (χ0) is 16.3. The van der Waals surface area contributed by atoms with Crippen LogP contribution in [0.1, 0.15) is 32.1 Å². The lowest BCUT2D eigenvalue weighted by molar-refractivity contribution is 0.0600. The van der Waals surface area contributed by atoms with E-state index >= 15 is 0 Å². The fourth-order valence-electron chi connectivity index (χ4n) is 2.09. The van der Waals surface area contributed by atoms with Gasteiger partial charge < -0.3 is 9.84 Å². The molecular formula is C16H16N2O4. The molecule has 2 aromatic rings. The first kappa shape index (κ1) is 15.8. The average Bonchev–Trinajstić information content (AvgIpc) is 2.52. The third kappa shape index (κ3) is 3.35. The number of aliphatic hydroxyl groups excluding tert-OH is 1. The maximum absolute atomic E-state index is 11.7. The number of nitrogens with zero attached hydrogens (tertiary/aromatic N) is 2. The molecule has 0 amide bonds. The minimum atomic E-state index is -0.572. The smallest absolute Gasteiger partial charge is 0.337 e. The standard InChI is InChI=1S/C16H16N2O4/c1-9-4-11(15(20)8-19)6-13(17-9)14-7-12(16(21)22-3)5-10(2)18-14/h4-7,19H,8H2,1-3H3. The van der Waals surface area contributed by atoms with E-state index in [9.17, 15) is 9.59 Å². The number of aryl methyl sites for hydroxylation is 2. The van der Waals surface area contributed by atoms with Gasteiger partial charge in [0, 0.05) is 17.0 Å². The van der Waals surface area contributed by atoms with E-state index in [1.54, 1.807) is 38.1 Å². The molecule has 2 aromatic heterocycles. The Bertz CT molecular complexity index is 677. The van der Waals surface area contributed by atoms with Gasteiger partial charge in [0.15, 0.2) is 5.78 Å². The molecule has 0 radical (unpaired) electrons. The van der Waals surface area contributed by atoms with E-state index in [-0.39, 0.29) is 0 Å². The summed E-state index contributed by atoms with van der Waals surface area (Å²) >= 11 is 0. The Morgan fingerprint density at radius 1 is 1.00 bits per heavy atom. The molecule has 2 rings (SSSR count). The number of rotatable bonds is 4. The summed E-state index contributed by atoms with van der Waals surface area (Å²) in [7, 11) is 1.31. The fraction of sp³-hybridized carbons (Fsp3) is 0.250. The van der Waals surface area contributed by atoms with Crippen molar-refractivity contribution in [3.8, 4) is 11.4 Å². The lowest BCUT2D eigenvalue weighted by Crippen LogP contribution is -2.07. The van der Waals surface area contributed by atoms with Crippen molar-refractivity contribution in [1.29, 1.82) is 0 Å². The summed E-state index contributed by atoms with van der Waals surface area (Å²) in [4.78, 5) is 32.0. The van der Waals surface area contributed by atoms with Crippen LogP contribution < -0.4 is 0 Å². The molecule has 114 valence electrons. The Labute approximate surface area is 127 Å². The van der Waals surface area contributed by atoms with Gasteiger partial charge in [0.2, 0.25) is 0 Å². The molecular weight excluding hydrogens is 284 g/mol. The first-order chi connectivity index (χ1) is 10.4. The van der Waals surface area contributed by atoms with Gasteiger partial charge in [-0.15, -0.1) is 0 Å². The molecule has 2 heterocycles. The molecule has 1 N–H and O–H groups in total. The Kier molecular flexibility index (Phi) is 4.62. The molecule has 0 aliphatic heterocycles. The van der Waals surface area contributed by atoms with Crippen LogP contribution in [0.25, 0.3) is 11.4 Å². The molecule has 0 aliphatic rings.